The molecule has 1 unspecified atom stereocenters. The van der Waals surface area contributed by atoms with E-state index >= 15 is 0 Å². The van der Waals surface area contributed by atoms with E-state index in [2.05, 4.69) is 22.7 Å². The summed E-state index contributed by atoms with van der Waals surface area (Å²) in [4.78, 5) is 29.2. The Kier molecular flexibility index (Phi) is 10.5. The van der Waals surface area contributed by atoms with Crippen LogP contribution in [-0.4, -0.2) is 62.9 Å². The topological polar surface area (TPSA) is 99.5 Å². The number of alkyl halides is 3. The van der Waals surface area contributed by atoms with Gasteiger partial charge in [-0.25, -0.2) is 0 Å². The lowest BCUT2D eigenvalue weighted by atomic mass is 9.98. The summed E-state index contributed by atoms with van der Waals surface area (Å²) in [7, 11) is 0. The average Bonchev–Trinajstić information content (AvgIpc) is 3.73. The number of rotatable bonds is 13. The molecule has 2 heterocycles. The lowest BCUT2D eigenvalue weighted by Crippen LogP contribution is -2.50. The summed E-state index contributed by atoms with van der Waals surface area (Å²) in [6.45, 7) is 5.13. The maximum absolute atomic E-state index is 13.7. The van der Waals surface area contributed by atoms with Gasteiger partial charge in [-0.2, -0.15) is 18.3 Å². The predicted molar refractivity (Wildman–Crippen MR) is 169 cm³/mol. The van der Waals surface area contributed by atoms with Crippen LogP contribution in [0.2, 0.25) is 0 Å². The Morgan fingerprint density at radius 3 is 2.50 bits per heavy atom. The summed E-state index contributed by atoms with van der Waals surface area (Å²) in [5.41, 5.74) is 0.508. The molecule has 3 N–H and O–H groups in total. The van der Waals surface area contributed by atoms with Gasteiger partial charge in [0, 0.05) is 37.3 Å². The Morgan fingerprint density at radius 1 is 1.07 bits per heavy atom. The van der Waals surface area contributed by atoms with Crippen LogP contribution in [0.1, 0.15) is 96.5 Å². The minimum absolute atomic E-state index is 0.0505. The Morgan fingerprint density at radius 2 is 1.83 bits per heavy atom. The number of aromatic nitrogens is 2. The first kappa shape index (κ1) is 33.7. The molecule has 1 aliphatic carbocycles. The fourth-order valence-corrected chi connectivity index (χ4v) is 6.51. The number of benzene rings is 2. The van der Waals surface area contributed by atoms with Crippen molar-refractivity contribution in [2.24, 2.45) is 0 Å². The molecule has 1 saturated carbocycles. The van der Waals surface area contributed by atoms with Crippen LogP contribution in [0.25, 0.3) is 0 Å². The number of aliphatic hydroxyl groups excluding tert-OH is 1. The maximum Gasteiger partial charge on any atom is 0.416 e. The molecule has 3 aromatic rings. The van der Waals surface area contributed by atoms with E-state index in [1.165, 1.54) is 12.1 Å². The number of carbonyl (C=O) groups is 2. The van der Waals surface area contributed by atoms with Crippen molar-refractivity contribution < 1.29 is 27.9 Å². The molecule has 2 fully saturated rings. The van der Waals surface area contributed by atoms with E-state index in [-0.39, 0.29) is 24.2 Å². The molecule has 0 bridgehead atoms. The summed E-state index contributed by atoms with van der Waals surface area (Å²) < 4.78 is 41.7. The number of aliphatic hydroxyl groups is 1. The quantitative estimate of drug-likeness (QED) is 0.223. The molecule has 2 amide bonds. The SMILES string of the molecule is CCCC1CCCCN1C(=O)c1cc(C(=O)N[C@@H](Cc2ccccc2)[C@H](O)CNC2(c3cccc(C(F)(F)F)c3)CC2)nn1CC. The van der Waals surface area contributed by atoms with Crippen LogP contribution in [0.15, 0.2) is 60.7 Å². The van der Waals surface area contributed by atoms with E-state index in [1.54, 1.807) is 10.7 Å². The molecule has 248 valence electrons. The van der Waals surface area contributed by atoms with Gasteiger partial charge in [0.05, 0.1) is 17.7 Å². The third-order valence-corrected chi connectivity index (χ3v) is 9.26. The van der Waals surface area contributed by atoms with Gasteiger partial charge in [0.1, 0.15) is 5.69 Å². The van der Waals surface area contributed by atoms with Crippen LogP contribution in [0.4, 0.5) is 13.2 Å². The first-order valence-electron chi connectivity index (χ1n) is 16.4. The van der Waals surface area contributed by atoms with Crippen LogP contribution in [0, 0.1) is 0 Å². The highest BCUT2D eigenvalue weighted by atomic mass is 19.4. The van der Waals surface area contributed by atoms with Gasteiger partial charge in [-0.1, -0.05) is 55.8 Å². The van der Waals surface area contributed by atoms with Crippen molar-refractivity contribution in [2.45, 2.75) is 102 Å². The van der Waals surface area contributed by atoms with Gasteiger partial charge in [-0.3, -0.25) is 14.3 Å². The van der Waals surface area contributed by atoms with E-state index in [9.17, 15) is 27.9 Å². The standard InChI is InChI=1S/C35H44F3N5O3/c1-3-11-27-16-8-9-19-42(27)33(46)30-22-29(41-43(30)4-2)32(45)40-28(20-24-12-6-5-7-13-24)31(44)23-39-34(17-18-34)25-14-10-15-26(21-25)35(36,37)38/h5-7,10,12-15,21-22,27-28,31,39,44H,3-4,8-9,11,16-20,23H2,1-2H3,(H,40,45)/t27?,28-,31+/m0/s1. The molecule has 1 aromatic heterocycles. The second-order valence-electron chi connectivity index (χ2n) is 12.5. The molecule has 1 saturated heterocycles. The smallest absolute Gasteiger partial charge is 0.390 e. The highest BCUT2D eigenvalue weighted by Crippen LogP contribution is 2.46. The number of amides is 2. The number of piperidine rings is 1. The number of nitrogens with one attached hydrogen (secondary N) is 2. The van der Waals surface area contributed by atoms with Crippen LogP contribution >= 0.6 is 0 Å². The molecule has 2 aliphatic rings. The van der Waals surface area contributed by atoms with Gasteiger partial charge in [0.25, 0.3) is 11.8 Å². The number of likely N-dealkylation sites (tertiary alicyclic amines) is 1. The van der Waals surface area contributed by atoms with Crippen molar-refractivity contribution in [2.75, 3.05) is 13.1 Å². The van der Waals surface area contributed by atoms with Gasteiger partial charge < -0.3 is 20.6 Å². The molecule has 8 nitrogen and oxygen atoms in total. The zero-order chi connectivity index (χ0) is 32.9. The summed E-state index contributed by atoms with van der Waals surface area (Å²) in [5.74, 6) is -0.634. The summed E-state index contributed by atoms with van der Waals surface area (Å²) in [6.07, 6.45) is 1.00. The molecule has 0 radical (unpaired) electrons. The van der Waals surface area contributed by atoms with Crippen molar-refractivity contribution in [3.63, 3.8) is 0 Å². The minimum atomic E-state index is -4.45. The van der Waals surface area contributed by atoms with Gasteiger partial charge in [0.15, 0.2) is 5.69 Å². The minimum Gasteiger partial charge on any atom is -0.390 e. The van der Waals surface area contributed by atoms with Crippen molar-refractivity contribution >= 4 is 11.8 Å². The van der Waals surface area contributed by atoms with Gasteiger partial charge >= 0.3 is 6.18 Å². The van der Waals surface area contributed by atoms with E-state index in [0.717, 1.165) is 49.8 Å². The lowest BCUT2D eigenvalue weighted by Gasteiger charge is -2.35. The number of hydrogen-bond donors (Lipinski definition) is 3. The molecule has 11 heteroatoms. The Labute approximate surface area is 268 Å². The van der Waals surface area contributed by atoms with Crippen molar-refractivity contribution in [3.05, 3.63) is 88.7 Å². The molecular formula is C35H44F3N5O3. The molecular weight excluding hydrogens is 595 g/mol. The first-order valence-corrected chi connectivity index (χ1v) is 16.4. The predicted octanol–water partition coefficient (Wildman–Crippen LogP) is 5.70. The van der Waals surface area contributed by atoms with Gasteiger partial charge in [0.2, 0.25) is 0 Å². The second-order valence-corrected chi connectivity index (χ2v) is 12.5. The van der Waals surface area contributed by atoms with Crippen LogP contribution in [0.5, 0.6) is 0 Å². The third kappa shape index (κ3) is 7.81. The lowest BCUT2D eigenvalue weighted by molar-refractivity contribution is -0.137. The Bertz CT molecular complexity index is 1490. The maximum atomic E-state index is 13.7. The largest absolute Gasteiger partial charge is 0.416 e. The number of hydrogen-bond acceptors (Lipinski definition) is 5. The molecule has 5 rings (SSSR count). The van der Waals surface area contributed by atoms with Crippen LogP contribution < -0.4 is 10.6 Å². The normalized spacial score (nSPS) is 19.0. The van der Waals surface area contributed by atoms with Gasteiger partial charge in [-0.15, -0.1) is 0 Å². The van der Waals surface area contributed by atoms with E-state index in [4.69, 9.17) is 0 Å². The molecule has 0 spiro atoms. The zero-order valence-electron chi connectivity index (χ0n) is 26.5. The first-order chi connectivity index (χ1) is 22.0. The highest BCUT2D eigenvalue weighted by molar-refractivity contribution is 5.98. The number of carbonyl (C=O) groups excluding carboxylic acids is 2. The summed E-state index contributed by atoms with van der Waals surface area (Å²) in [5, 5.41) is 22.1. The molecule has 1 aliphatic heterocycles. The Balaban J connectivity index is 1.32. The average molecular weight is 640 g/mol. The molecule has 2 aromatic carbocycles. The van der Waals surface area contributed by atoms with Crippen molar-refractivity contribution in [3.8, 4) is 0 Å². The van der Waals surface area contributed by atoms with Gasteiger partial charge in [-0.05, 0) is 75.1 Å². The number of nitrogens with zero attached hydrogens (tertiary/aromatic N) is 3. The Hall–Kier alpha value is -3.70. The second kappa shape index (κ2) is 14.4. The summed E-state index contributed by atoms with van der Waals surface area (Å²) in [6, 6.07) is 15.7. The summed E-state index contributed by atoms with van der Waals surface area (Å²) >= 11 is 0. The van der Waals surface area contributed by atoms with E-state index in [1.807, 2.05) is 42.2 Å². The van der Waals surface area contributed by atoms with Crippen molar-refractivity contribution in [1.29, 1.82) is 0 Å². The molecule has 46 heavy (non-hydrogen) atoms. The van der Waals surface area contributed by atoms with Crippen LogP contribution in [0.3, 0.4) is 0 Å². The number of aryl methyl sites for hydroxylation is 1. The third-order valence-electron chi connectivity index (χ3n) is 9.26. The highest BCUT2D eigenvalue weighted by Gasteiger charge is 2.45. The number of halogens is 3. The zero-order valence-corrected chi connectivity index (χ0v) is 26.5. The van der Waals surface area contributed by atoms with E-state index < -0.39 is 35.3 Å². The molecule has 3 atom stereocenters. The fraction of sp³-hybridized carbons (Fsp3) is 0.514. The van der Waals surface area contributed by atoms with E-state index in [0.29, 0.717) is 43.6 Å². The van der Waals surface area contributed by atoms with Crippen LogP contribution in [-0.2, 0) is 24.7 Å². The fourth-order valence-electron chi connectivity index (χ4n) is 6.51. The van der Waals surface area contributed by atoms with Crippen molar-refractivity contribution in [1.82, 2.24) is 25.3 Å². The monoisotopic (exact) mass is 639 g/mol.